The van der Waals surface area contributed by atoms with E-state index < -0.39 is 15.7 Å². The maximum atomic E-state index is 13.8. The number of rotatable bonds is 6. The summed E-state index contributed by atoms with van der Waals surface area (Å²) in [5.74, 6) is -0.482. The van der Waals surface area contributed by atoms with E-state index in [1.807, 2.05) is 4.57 Å². The van der Waals surface area contributed by atoms with Crippen LogP contribution in [0.2, 0.25) is 0 Å². The number of sulfone groups is 1. The van der Waals surface area contributed by atoms with E-state index in [9.17, 15) is 12.8 Å². The second-order valence-electron chi connectivity index (χ2n) is 4.85. The van der Waals surface area contributed by atoms with Gasteiger partial charge in [0.15, 0.2) is 9.84 Å². The Morgan fingerprint density at radius 1 is 1.38 bits per heavy atom. The van der Waals surface area contributed by atoms with Crippen LogP contribution in [-0.2, 0) is 22.9 Å². The maximum Gasteiger partial charge on any atom is 0.175 e. The van der Waals surface area contributed by atoms with Gasteiger partial charge in [-0.3, -0.25) is 0 Å². The maximum absolute atomic E-state index is 13.8. The molecular weight excluding hydrogens is 293 g/mol. The van der Waals surface area contributed by atoms with E-state index in [1.54, 1.807) is 12.5 Å². The van der Waals surface area contributed by atoms with Crippen LogP contribution in [0.15, 0.2) is 35.6 Å². The second-order valence-corrected chi connectivity index (χ2v) is 6.86. The molecular formula is C14H18FN3O2S. The molecule has 7 heteroatoms. The van der Waals surface area contributed by atoms with E-state index in [1.165, 1.54) is 12.1 Å². The Bertz CT molecular complexity index is 726. The number of aryl methyl sites for hydroxylation is 1. The molecule has 0 aliphatic rings. The molecule has 5 nitrogen and oxygen atoms in total. The van der Waals surface area contributed by atoms with Crippen molar-refractivity contribution in [3.8, 4) is 0 Å². The minimum atomic E-state index is -3.36. The number of nitrogens with zero attached hydrogens (tertiary/aromatic N) is 2. The van der Waals surface area contributed by atoms with E-state index in [4.69, 9.17) is 0 Å². The molecule has 1 heterocycles. The van der Waals surface area contributed by atoms with Crippen molar-refractivity contribution in [1.82, 2.24) is 9.55 Å². The molecule has 0 saturated heterocycles. The van der Waals surface area contributed by atoms with Crippen LogP contribution in [0.4, 0.5) is 10.1 Å². The molecule has 2 aromatic rings. The Kier molecular flexibility index (Phi) is 4.62. The number of hydrogen-bond acceptors (Lipinski definition) is 4. The van der Waals surface area contributed by atoms with Crippen LogP contribution in [0.25, 0.3) is 0 Å². The van der Waals surface area contributed by atoms with Gasteiger partial charge in [-0.15, -0.1) is 0 Å². The van der Waals surface area contributed by atoms with Crippen molar-refractivity contribution >= 4 is 15.5 Å². The molecule has 0 fully saturated rings. The summed E-state index contributed by atoms with van der Waals surface area (Å²) in [4.78, 5) is 4.16. The predicted octanol–water partition coefficient (Wildman–Crippen LogP) is 2.45. The fourth-order valence-corrected chi connectivity index (χ4v) is 2.64. The summed E-state index contributed by atoms with van der Waals surface area (Å²) in [6.45, 7) is 3.28. The molecule has 0 bridgehead atoms. The lowest BCUT2D eigenvalue weighted by atomic mass is 10.3. The lowest BCUT2D eigenvalue weighted by Crippen LogP contribution is -2.08. The van der Waals surface area contributed by atoms with Crippen molar-refractivity contribution in [3.63, 3.8) is 0 Å². The van der Waals surface area contributed by atoms with Crippen molar-refractivity contribution in [1.29, 1.82) is 0 Å². The van der Waals surface area contributed by atoms with Gasteiger partial charge in [0.2, 0.25) is 0 Å². The molecule has 0 amide bonds. The highest BCUT2D eigenvalue weighted by Crippen LogP contribution is 2.20. The van der Waals surface area contributed by atoms with Gasteiger partial charge < -0.3 is 9.88 Å². The third-order valence-corrected chi connectivity index (χ3v) is 4.20. The minimum Gasteiger partial charge on any atom is -0.377 e. The summed E-state index contributed by atoms with van der Waals surface area (Å²) in [6, 6.07) is 3.73. The molecule has 0 atom stereocenters. The van der Waals surface area contributed by atoms with Crippen LogP contribution in [0.5, 0.6) is 0 Å². The number of benzene rings is 1. The van der Waals surface area contributed by atoms with Crippen molar-refractivity contribution in [2.24, 2.45) is 0 Å². The van der Waals surface area contributed by atoms with Gasteiger partial charge in [0, 0.05) is 19.0 Å². The van der Waals surface area contributed by atoms with Crippen molar-refractivity contribution in [2.45, 2.75) is 31.3 Å². The fraction of sp³-hybridized carbons (Fsp3) is 0.357. The third-order valence-electron chi connectivity index (χ3n) is 3.09. The molecule has 21 heavy (non-hydrogen) atoms. The molecule has 0 radical (unpaired) electrons. The highest BCUT2D eigenvalue weighted by atomic mass is 32.2. The van der Waals surface area contributed by atoms with E-state index in [0.29, 0.717) is 6.54 Å². The lowest BCUT2D eigenvalue weighted by molar-refractivity contribution is 0.600. The molecule has 1 aromatic heterocycles. The molecule has 1 N–H and O–H groups in total. The summed E-state index contributed by atoms with van der Waals surface area (Å²) in [5.41, 5.74) is 1.09. The van der Waals surface area contributed by atoms with Gasteiger partial charge in [-0.1, -0.05) is 6.92 Å². The van der Waals surface area contributed by atoms with Gasteiger partial charge in [0.1, 0.15) is 5.82 Å². The smallest absolute Gasteiger partial charge is 0.175 e. The topological polar surface area (TPSA) is 64.0 Å². The van der Waals surface area contributed by atoms with Gasteiger partial charge in [-0.25, -0.2) is 17.8 Å². The van der Waals surface area contributed by atoms with Gasteiger partial charge in [0.25, 0.3) is 0 Å². The Hall–Kier alpha value is -1.89. The van der Waals surface area contributed by atoms with E-state index in [0.717, 1.165) is 31.0 Å². The number of anilines is 1. The largest absolute Gasteiger partial charge is 0.377 e. The lowest BCUT2D eigenvalue weighted by Gasteiger charge is -2.11. The van der Waals surface area contributed by atoms with Crippen molar-refractivity contribution in [3.05, 3.63) is 42.2 Å². The summed E-state index contributed by atoms with van der Waals surface area (Å²) in [5, 5.41) is 2.93. The minimum absolute atomic E-state index is 0.0912. The summed E-state index contributed by atoms with van der Waals surface area (Å²) in [7, 11) is -3.36. The normalized spacial score (nSPS) is 11.6. The number of imidazole rings is 1. The first-order valence-electron chi connectivity index (χ1n) is 6.64. The SMILES string of the molecule is CCCn1cncc1CNc1cc(S(C)(=O)=O)ccc1F. The first-order chi connectivity index (χ1) is 9.91. The fourth-order valence-electron chi connectivity index (χ4n) is 1.99. The number of aromatic nitrogens is 2. The third kappa shape index (κ3) is 3.81. The average molecular weight is 311 g/mol. The molecule has 114 valence electrons. The van der Waals surface area contributed by atoms with Gasteiger partial charge in [0.05, 0.1) is 29.1 Å². The predicted molar refractivity (Wildman–Crippen MR) is 79.4 cm³/mol. The van der Waals surface area contributed by atoms with Crippen LogP contribution in [0.3, 0.4) is 0 Å². The number of hydrogen-bond donors (Lipinski definition) is 1. The van der Waals surface area contributed by atoms with Gasteiger partial charge >= 0.3 is 0 Å². The van der Waals surface area contributed by atoms with Crippen molar-refractivity contribution in [2.75, 3.05) is 11.6 Å². The quantitative estimate of drug-likeness (QED) is 0.832. The molecule has 0 spiro atoms. The van der Waals surface area contributed by atoms with Crippen molar-refractivity contribution < 1.29 is 12.8 Å². The molecule has 0 aliphatic carbocycles. The van der Waals surface area contributed by atoms with E-state index >= 15 is 0 Å². The summed E-state index contributed by atoms with van der Waals surface area (Å²) >= 11 is 0. The van der Waals surface area contributed by atoms with Gasteiger partial charge in [-0.05, 0) is 24.6 Å². The standard InChI is InChI=1S/C14H18FN3O2S/c1-3-6-18-10-16-8-11(18)9-17-14-7-12(21(2,19)20)4-5-13(14)15/h4-5,7-8,10,17H,3,6,9H2,1-2H3. The number of halogens is 1. The molecule has 0 aliphatic heterocycles. The number of nitrogens with one attached hydrogen (secondary N) is 1. The molecule has 1 aromatic carbocycles. The highest BCUT2D eigenvalue weighted by molar-refractivity contribution is 7.90. The second kappa shape index (κ2) is 6.26. The van der Waals surface area contributed by atoms with E-state index in [2.05, 4.69) is 17.2 Å². The van der Waals surface area contributed by atoms with Crippen LogP contribution in [0, 0.1) is 5.82 Å². The van der Waals surface area contributed by atoms with Crippen LogP contribution >= 0.6 is 0 Å². The Labute approximate surface area is 123 Å². The summed E-state index contributed by atoms with van der Waals surface area (Å²) < 4.78 is 38.7. The monoisotopic (exact) mass is 311 g/mol. The zero-order chi connectivity index (χ0) is 15.5. The Morgan fingerprint density at radius 2 is 2.14 bits per heavy atom. The first-order valence-corrected chi connectivity index (χ1v) is 8.53. The molecule has 0 unspecified atom stereocenters. The van der Waals surface area contributed by atoms with Crippen LogP contribution in [0.1, 0.15) is 19.0 Å². The highest BCUT2D eigenvalue weighted by Gasteiger charge is 2.11. The average Bonchev–Trinajstić information content (AvgIpc) is 2.84. The Balaban J connectivity index is 2.18. The zero-order valence-electron chi connectivity index (χ0n) is 12.0. The van der Waals surface area contributed by atoms with Crippen LogP contribution in [-0.4, -0.2) is 24.2 Å². The van der Waals surface area contributed by atoms with Gasteiger partial charge in [-0.2, -0.15) is 0 Å². The summed E-state index contributed by atoms with van der Waals surface area (Å²) in [6.07, 6.45) is 5.51. The van der Waals surface area contributed by atoms with E-state index in [-0.39, 0.29) is 10.6 Å². The van der Waals surface area contributed by atoms with Crippen LogP contribution < -0.4 is 5.32 Å². The molecule has 2 rings (SSSR count). The first kappa shape index (κ1) is 15.5. The zero-order valence-corrected chi connectivity index (χ0v) is 12.8. The Morgan fingerprint density at radius 3 is 2.81 bits per heavy atom. The molecule has 0 saturated carbocycles.